The molecule has 1 N–H and O–H groups in total. The lowest BCUT2D eigenvalue weighted by molar-refractivity contribution is -0.121. The molecule has 0 fully saturated rings. The highest BCUT2D eigenvalue weighted by atomic mass is 16.2. The fourth-order valence-electron chi connectivity index (χ4n) is 3.36. The topological polar surface area (TPSA) is 63.5 Å². The van der Waals surface area contributed by atoms with Crippen LogP contribution < -0.4 is 10.9 Å². The zero-order valence-electron chi connectivity index (χ0n) is 15.4. The van der Waals surface area contributed by atoms with Crippen LogP contribution in [0.3, 0.4) is 0 Å². The van der Waals surface area contributed by atoms with Gasteiger partial charge in [-0.15, -0.1) is 0 Å². The number of pyridine rings is 1. The van der Waals surface area contributed by atoms with Crippen molar-refractivity contribution < 1.29 is 4.79 Å². The van der Waals surface area contributed by atoms with E-state index in [4.69, 9.17) is 0 Å². The molecule has 28 heavy (non-hydrogen) atoms. The molecule has 1 aromatic heterocycles. The number of carbonyl (C=O) groups is 1. The summed E-state index contributed by atoms with van der Waals surface area (Å²) in [5, 5.41) is 5.25. The van der Waals surface area contributed by atoms with Crippen molar-refractivity contribution in [3.05, 3.63) is 94.1 Å². The Kier molecular flexibility index (Phi) is 4.72. The monoisotopic (exact) mass is 369 g/mol. The molecule has 0 aliphatic heterocycles. The zero-order chi connectivity index (χ0) is 19.5. The molecule has 0 saturated heterocycles. The molecule has 5 heteroatoms. The summed E-state index contributed by atoms with van der Waals surface area (Å²) in [7, 11) is 0. The largest absolute Gasteiger partial charge is 0.331 e. The Morgan fingerprint density at radius 2 is 1.61 bits per heavy atom. The molecule has 0 bridgehead atoms. The normalized spacial score (nSPS) is 11.3. The molecule has 1 amide bonds. The van der Waals surface area contributed by atoms with Gasteiger partial charge in [0, 0.05) is 10.8 Å². The Balaban J connectivity index is 1.66. The minimum atomic E-state index is -0.261. The number of nitrogens with zero attached hydrogens (tertiary/aromatic N) is 2. The smallest absolute Gasteiger partial charge is 0.260 e. The number of benzene rings is 3. The molecule has 4 aromatic rings. The van der Waals surface area contributed by atoms with Crippen molar-refractivity contribution >= 4 is 33.9 Å². The highest BCUT2D eigenvalue weighted by Crippen LogP contribution is 2.18. The highest BCUT2D eigenvalue weighted by Gasteiger charge is 2.12. The average molecular weight is 369 g/mol. The summed E-state index contributed by atoms with van der Waals surface area (Å²) in [6.07, 6.45) is 1.62. The van der Waals surface area contributed by atoms with E-state index in [0.717, 1.165) is 22.2 Å². The fourth-order valence-corrected chi connectivity index (χ4v) is 3.36. The first kappa shape index (κ1) is 17.7. The van der Waals surface area contributed by atoms with Crippen LogP contribution in [0, 0.1) is 6.92 Å². The number of hydrazone groups is 1. The van der Waals surface area contributed by atoms with Crippen LogP contribution in [0.25, 0.3) is 21.8 Å². The Morgan fingerprint density at radius 1 is 0.964 bits per heavy atom. The molecule has 0 aliphatic carbocycles. The average Bonchev–Trinajstić information content (AvgIpc) is 2.71. The van der Waals surface area contributed by atoms with Crippen LogP contribution in [0.4, 0.5) is 0 Å². The summed E-state index contributed by atoms with van der Waals surface area (Å²) in [5.74, 6) is -0.261. The summed E-state index contributed by atoms with van der Waals surface area (Å²) < 4.78 is 1.85. The predicted octanol–water partition coefficient (Wildman–Crippen LogP) is 3.61. The lowest BCUT2D eigenvalue weighted by atomic mass is 10.1. The van der Waals surface area contributed by atoms with E-state index in [0.29, 0.717) is 10.8 Å². The molecule has 0 atom stereocenters. The Morgan fingerprint density at radius 3 is 2.25 bits per heavy atom. The molecule has 138 valence electrons. The van der Waals surface area contributed by atoms with Gasteiger partial charge in [-0.2, -0.15) is 5.10 Å². The maximum absolute atomic E-state index is 12.7. The number of para-hydroxylation sites is 2. The minimum Gasteiger partial charge on any atom is -0.331 e. The van der Waals surface area contributed by atoms with Crippen LogP contribution in [-0.2, 0) is 11.3 Å². The number of aryl methyl sites for hydroxylation is 1. The lowest BCUT2D eigenvalue weighted by Gasteiger charge is -2.14. The van der Waals surface area contributed by atoms with Gasteiger partial charge in [-0.05, 0) is 36.8 Å². The third-order valence-corrected chi connectivity index (χ3v) is 4.63. The zero-order valence-corrected chi connectivity index (χ0v) is 15.4. The van der Waals surface area contributed by atoms with Gasteiger partial charge in [0.05, 0.1) is 17.2 Å². The first-order valence-electron chi connectivity index (χ1n) is 9.02. The molecule has 0 unspecified atom stereocenters. The predicted molar refractivity (Wildman–Crippen MR) is 113 cm³/mol. The molecular weight excluding hydrogens is 350 g/mol. The van der Waals surface area contributed by atoms with Crippen molar-refractivity contribution in [1.82, 2.24) is 9.99 Å². The maximum atomic E-state index is 12.7. The molecule has 1 heterocycles. The van der Waals surface area contributed by atoms with Crippen molar-refractivity contribution in [2.24, 2.45) is 5.10 Å². The summed E-state index contributed by atoms with van der Waals surface area (Å²) in [6.45, 7) is 2.06. The number of hydrogen-bond acceptors (Lipinski definition) is 3. The molecular formula is C23H19N3O2. The third kappa shape index (κ3) is 3.42. The summed E-state index contributed by atoms with van der Waals surface area (Å²) in [5.41, 5.74) is 6.04. The van der Waals surface area contributed by atoms with Gasteiger partial charge in [0.15, 0.2) is 5.43 Å². The van der Waals surface area contributed by atoms with Crippen molar-refractivity contribution in [3.8, 4) is 0 Å². The van der Waals surface area contributed by atoms with Gasteiger partial charge < -0.3 is 4.57 Å². The van der Waals surface area contributed by atoms with Gasteiger partial charge in [-0.1, -0.05) is 54.1 Å². The van der Waals surface area contributed by atoms with Crippen LogP contribution in [0.2, 0.25) is 0 Å². The van der Waals surface area contributed by atoms with Crippen LogP contribution in [0.1, 0.15) is 11.1 Å². The standard InChI is InChI=1S/C23H19N3O2/c1-16-7-6-8-17(13-16)14-24-25-22(27)15-26-20-11-4-2-9-18(20)23(28)19-10-3-5-12-21(19)26/h2-14H,15H2,1H3,(H,25,27)/b24-14-. The van der Waals surface area contributed by atoms with Crippen molar-refractivity contribution in [3.63, 3.8) is 0 Å². The molecule has 0 aliphatic rings. The minimum absolute atomic E-state index is 0.0275. The fraction of sp³-hybridized carbons (Fsp3) is 0.0870. The van der Waals surface area contributed by atoms with Crippen LogP contribution in [0.15, 0.2) is 82.7 Å². The Labute approximate surface area is 161 Å². The number of amides is 1. The van der Waals surface area contributed by atoms with Gasteiger partial charge in [-0.3, -0.25) is 9.59 Å². The lowest BCUT2D eigenvalue weighted by Crippen LogP contribution is -2.25. The first-order chi connectivity index (χ1) is 13.6. The van der Waals surface area contributed by atoms with Crippen LogP contribution in [0.5, 0.6) is 0 Å². The summed E-state index contributed by atoms with van der Waals surface area (Å²) in [4.78, 5) is 25.3. The SMILES string of the molecule is Cc1cccc(/C=N\NC(=O)Cn2c3ccccc3c(=O)c3ccccc32)c1. The van der Waals surface area contributed by atoms with E-state index in [1.54, 1.807) is 18.3 Å². The van der Waals surface area contributed by atoms with Gasteiger partial charge in [0.1, 0.15) is 6.54 Å². The molecule has 3 aromatic carbocycles. The Hall–Kier alpha value is -3.73. The first-order valence-corrected chi connectivity index (χ1v) is 9.02. The maximum Gasteiger partial charge on any atom is 0.260 e. The molecule has 0 spiro atoms. The molecule has 0 radical (unpaired) electrons. The molecule has 0 saturated carbocycles. The van der Waals surface area contributed by atoms with Crippen LogP contribution in [-0.4, -0.2) is 16.7 Å². The van der Waals surface area contributed by atoms with E-state index in [1.807, 2.05) is 72.2 Å². The van der Waals surface area contributed by atoms with Crippen molar-refractivity contribution in [1.29, 1.82) is 0 Å². The number of aromatic nitrogens is 1. The quantitative estimate of drug-likeness (QED) is 0.339. The van der Waals surface area contributed by atoms with Gasteiger partial charge in [0.2, 0.25) is 0 Å². The highest BCUT2D eigenvalue weighted by molar-refractivity contribution is 5.95. The van der Waals surface area contributed by atoms with E-state index in [2.05, 4.69) is 10.5 Å². The summed E-state index contributed by atoms with van der Waals surface area (Å²) >= 11 is 0. The van der Waals surface area contributed by atoms with Gasteiger partial charge >= 0.3 is 0 Å². The number of carbonyl (C=O) groups excluding carboxylic acids is 1. The second kappa shape index (κ2) is 7.48. The van der Waals surface area contributed by atoms with E-state index in [9.17, 15) is 9.59 Å². The van der Waals surface area contributed by atoms with E-state index in [1.165, 1.54) is 0 Å². The second-order valence-electron chi connectivity index (χ2n) is 6.66. The van der Waals surface area contributed by atoms with E-state index < -0.39 is 0 Å². The third-order valence-electron chi connectivity index (χ3n) is 4.63. The van der Waals surface area contributed by atoms with Gasteiger partial charge in [-0.25, -0.2) is 5.43 Å². The number of rotatable bonds is 4. The van der Waals surface area contributed by atoms with E-state index >= 15 is 0 Å². The number of fused-ring (bicyclic) bond motifs is 2. The van der Waals surface area contributed by atoms with Gasteiger partial charge in [0.25, 0.3) is 5.91 Å². The van der Waals surface area contributed by atoms with Crippen LogP contribution >= 0.6 is 0 Å². The number of hydrogen-bond donors (Lipinski definition) is 1. The summed E-state index contributed by atoms with van der Waals surface area (Å²) in [6, 6.07) is 22.5. The Bertz CT molecular complexity index is 1210. The van der Waals surface area contributed by atoms with Crippen molar-refractivity contribution in [2.45, 2.75) is 13.5 Å². The van der Waals surface area contributed by atoms with Crippen molar-refractivity contribution in [2.75, 3.05) is 0 Å². The van der Waals surface area contributed by atoms with E-state index in [-0.39, 0.29) is 17.9 Å². The molecule has 4 rings (SSSR count). The second-order valence-corrected chi connectivity index (χ2v) is 6.66. The number of nitrogens with one attached hydrogen (secondary N) is 1. The molecule has 5 nitrogen and oxygen atoms in total.